The lowest BCUT2D eigenvalue weighted by molar-refractivity contribution is 0.0470. The fourth-order valence-electron chi connectivity index (χ4n) is 5.13. The van der Waals surface area contributed by atoms with Crippen molar-refractivity contribution in [3.8, 4) is 0 Å². The van der Waals surface area contributed by atoms with Crippen molar-refractivity contribution in [1.29, 1.82) is 0 Å². The Balaban J connectivity index is 1.29. The molecule has 1 saturated carbocycles. The first-order valence-corrected chi connectivity index (χ1v) is 14.0. The van der Waals surface area contributed by atoms with Gasteiger partial charge in [0.1, 0.15) is 13.2 Å². The molecule has 4 aromatic rings. The number of ether oxygens (including phenoxy) is 2. The molecule has 0 aliphatic heterocycles. The second kappa shape index (κ2) is 13.6. The van der Waals surface area contributed by atoms with Crippen molar-refractivity contribution in [2.45, 2.75) is 57.8 Å². The Kier molecular flexibility index (Phi) is 9.25. The highest BCUT2D eigenvalue weighted by molar-refractivity contribution is 5.97. The normalized spacial score (nSPS) is 13.4. The Bertz CT molecular complexity index is 1320. The first-order valence-electron chi connectivity index (χ1n) is 14.0. The highest BCUT2D eigenvalue weighted by atomic mass is 16.5. The number of rotatable bonds is 10. The highest BCUT2D eigenvalue weighted by Gasteiger charge is 2.17. The number of benzene rings is 4. The van der Waals surface area contributed by atoms with Crippen LogP contribution in [-0.2, 0) is 29.2 Å². The number of carbonyl (C=O) groups is 2. The molecule has 5 rings (SSSR count). The molecule has 1 N–H and O–H groups in total. The summed E-state index contributed by atoms with van der Waals surface area (Å²) >= 11 is 0. The lowest BCUT2D eigenvalue weighted by Gasteiger charge is -2.22. The SMILES string of the molecule is O=C(OCc1ccccc1)c1cc(NCc2ccc(C3CCCCC3)cc2)cc(C(=O)OCc2ccccc2)c1. The van der Waals surface area contributed by atoms with E-state index >= 15 is 0 Å². The van der Waals surface area contributed by atoms with Gasteiger partial charge in [-0.25, -0.2) is 9.59 Å². The van der Waals surface area contributed by atoms with Crippen molar-refractivity contribution in [3.63, 3.8) is 0 Å². The van der Waals surface area contributed by atoms with Gasteiger partial charge in [0.2, 0.25) is 0 Å². The summed E-state index contributed by atoms with van der Waals surface area (Å²) < 4.78 is 11.1. The molecule has 5 nitrogen and oxygen atoms in total. The lowest BCUT2D eigenvalue weighted by atomic mass is 9.84. The smallest absolute Gasteiger partial charge is 0.338 e. The molecule has 204 valence electrons. The van der Waals surface area contributed by atoms with Gasteiger partial charge in [0.15, 0.2) is 0 Å². The summed E-state index contributed by atoms with van der Waals surface area (Å²) in [5.41, 5.74) is 5.56. The first kappa shape index (κ1) is 27.2. The summed E-state index contributed by atoms with van der Waals surface area (Å²) in [7, 11) is 0. The van der Waals surface area contributed by atoms with Gasteiger partial charge in [-0.15, -0.1) is 0 Å². The Morgan fingerprint density at radius 1 is 0.625 bits per heavy atom. The largest absolute Gasteiger partial charge is 0.457 e. The first-order chi connectivity index (χ1) is 19.6. The van der Waals surface area contributed by atoms with Gasteiger partial charge < -0.3 is 14.8 Å². The zero-order valence-electron chi connectivity index (χ0n) is 22.7. The van der Waals surface area contributed by atoms with Crippen LogP contribution in [0.2, 0.25) is 0 Å². The van der Waals surface area contributed by atoms with E-state index in [9.17, 15) is 9.59 Å². The minimum Gasteiger partial charge on any atom is -0.457 e. The van der Waals surface area contributed by atoms with E-state index in [-0.39, 0.29) is 13.2 Å². The summed E-state index contributed by atoms with van der Waals surface area (Å²) in [6.07, 6.45) is 6.52. The lowest BCUT2D eigenvalue weighted by Crippen LogP contribution is -2.11. The zero-order chi connectivity index (χ0) is 27.6. The average Bonchev–Trinajstić information content (AvgIpc) is 3.03. The molecule has 1 aliphatic rings. The molecular weight excluding hydrogens is 498 g/mol. The van der Waals surface area contributed by atoms with Crippen LogP contribution in [0.4, 0.5) is 5.69 Å². The Morgan fingerprint density at radius 3 is 1.68 bits per heavy atom. The summed E-state index contributed by atoms with van der Waals surface area (Å²) in [5, 5.41) is 3.38. The predicted octanol–water partition coefficient (Wildman–Crippen LogP) is 8.06. The summed E-state index contributed by atoms with van der Waals surface area (Å²) in [6, 6.07) is 32.8. The van der Waals surface area contributed by atoms with Crippen LogP contribution in [0.3, 0.4) is 0 Å². The molecule has 0 radical (unpaired) electrons. The fourth-order valence-corrected chi connectivity index (χ4v) is 5.13. The molecule has 5 heteroatoms. The Morgan fingerprint density at radius 2 is 1.15 bits per heavy atom. The van der Waals surface area contributed by atoms with Crippen LogP contribution in [0.25, 0.3) is 0 Å². The summed E-state index contributed by atoms with van der Waals surface area (Å²) in [6.45, 7) is 0.864. The molecular formula is C35H35NO4. The quantitative estimate of drug-likeness (QED) is 0.209. The van der Waals surface area contributed by atoms with Crippen molar-refractivity contribution in [2.24, 2.45) is 0 Å². The molecule has 40 heavy (non-hydrogen) atoms. The van der Waals surface area contributed by atoms with Gasteiger partial charge in [-0.1, -0.05) is 104 Å². The summed E-state index contributed by atoms with van der Waals surface area (Å²) in [5.74, 6) is -0.332. The van der Waals surface area contributed by atoms with Gasteiger partial charge in [-0.3, -0.25) is 0 Å². The number of nitrogens with one attached hydrogen (secondary N) is 1. The van der Waals surface area contributed by atoms with E-state index in [1.54, 1.807) is 12.1 Å². The van der Waals surface area contributed by atoms with E-state index in [1.165, 1.54) is 43.7 Å². The Labute approximate surface area is 236 Å². The maximum absolute atomic E-state index is 13.0. The second-order valence-corrected chi connectivity index (χ2v) is 10.4. The molecule has 0 spiro atoms. The van der Waals surface area contributed by atoms with Crippen LogP contribution in [0.15, 0.2) is 103 Å². The molecule has 0 unspecified atom stereocenters. The molecule has 0 saturated heterocycles. The van der Waals surface area contributed by atoms with Crippen molar-refractivity contribution >= 4 is 17.6 Å². The van der Waals surface area contributed by atoms with E-state index in [2.05, 4.69) is 29.6 Å². The zero-order valence-corrected chi connectivity index (χ0v) is 22.7. The van der Waals surface area contributed by atoms with Gasteiger partial charge in [-0.2, -0.15) is 0 Å². The van der Waals surface area contributed by atoms with E-state index in [0.717, 1.165) is 16.7 Å². The predicted molar refractivity (Wildman–Crippen MR) is 157 cm³/mol. The van der Waals surface area contributed by atoms with Crippen molar-refractivity contribution in [3.05, 3.63) is 137 Å². The number of carbonyl (C=O) groups excluding carboxylic acids is 2. The third kappa shape index (κ3) is 7.60. The third-order valence-electron chi connectivity index (χ3n) is 7.38. The summed E-state index contributed by atoms with van der Waals surface area (Å²) in [4.78, 5) is 26.0. The van der Waals surface area contributed by atoms with Crippen LogP contribution in [0.1, 0.15) is 81.0 Å². The molecule has 0 amide bonds. The molecule has 1 fully saturated rings. The minimum atomic E-state index is -0.499. The maximum atomic E-state index is 13.0. The molecule has 0 aromatic heterocycles. The molecule has 4 aromatic carbocycles. The molecule has 1 aliphatic carbocycles. The van der Waals surface area contributed by atoms with E-state index < -0.39 is 11.9 Å². The topological polar surface area (TPSA) is 64.6 Å². The van der Waals surface area contributed by atoms with E-state index in [4.69, 9.17) is 9.47 Å². The van der Waals surface area contributed by atoms with Crippen LogP contribution < -0.4 is 5.32 Å². The monoisotopic (exact) mass is 533 g/mol. The highest BCUT2D eigenvalue weighted by Crippen LogP contribution is 2.32. The molecule has 0 heterocycles. The minimum absolute atomic E-state index is 0.151. The van der Waals surface area contributed by atoms with E-state index in [1.807, 2.05) is 60.7 Å². The number of esters is 2. The van der Waals surface area contributed by atoms with Crippen molar-refractivity contribution < 1.29 is 19.1 Å². The van der Waals surface area contributed by atoms with Gasteiger partial charge in [0.25, 0.3) is 0 Å². The molecule has 0 bridgehead atoms. The Hall–Kier alpha value is -4.38. The van der Waals surface area contributed by atoms with E-state index in [0.29, 0.717) is 29.3 Å². The number of hydrogen-bond acceptors (Lipinski definition) is 5. The number of anilines is 1. The van der Waals surface area contributed by atoms with Crippen molar-refractivity contribution in [1.82, 2.24) is 0 Å². The molecule has 0 atom stereocenters. The van der Waals surface area contributed by atoms with Crippen molar-refractivity contribution in [2.75, 3.05) is 5.32 Å². The van der Waals surface area contributed by atoms with Gasteiger partial charge >= 0.3 is 11.9 Å². The van der Waals surface area contributed by atoms with Crippen LogP contribution in [0, 0.1) is 0 Å². The van der Waals surface area contributed by atoms with Gasteiger partial charge in [0, 0.05) is 12.2 Å². The fraction of sp³-hybridized carbons (Fsp3) is 0.257. The van der Waals surface area contributed by atoms with Crippen LogP contribution >= 0.6 is 0 Å². The number of hydrogen-bond donors (Lipinski definition) is 1. The van der Waals surface area contributed by atoms with Crippen LogP contribution in [-0.4, -0.2) is 11.9 Å². The standard InChI is InChI=1S/C35H35NO4/c37-34(39-24-27-10-4-1-5-11-27)31-20-32(35(38)40-25-28-12-6-2-7-13-28)22-33(21-31)36-23-26-16-18-30(19-17-26)29-14-8-3-9-15-29/h1-2,4-7,10-13,16-22,29,36H,3,8-9,14-15,23-25H2. The van der Waals surface area contributed by atoms with Gasteiger partial charge in [-0.05, 0) is 59.2 Å². The average molecular weight is 534 g/mol. The second-order valence-electron chi connectivity index (χ2n) is 10.4. The van der Waals surface area contributed by atoms with Crippen LogP contribution in [0.5, 0.6) is 0 Å². The maximum Gasteiger partial charge on any atom is 0.338 e. The third-order valence-corrected chi connectivity index (χ3v) is 7.38. The van der Waals surface area contributed by atoms with Gasteiger partial charge in [0.05, 0.1) is 11.1 Å².